The molecule has 0 unspecified atom stereocenters. The second kappa shape index (κ2) is 5.43. The molecule has 0 spiro atoms. The summed E-state index contributed by atoms with van der Waals surface area (Å²) in [6.45, 7) is 0.785. The molecule has 5 heteroatoms. The van der Waals surface area contributed by atoms with Gasteiger partial charge in [0.25, 0.3) is 0 Å². The predicted molar refractivity (Wildman–Crippen MR) is 76.8 cm³/mol. The van der Waals surface area contributed by atoms with Crippen LogP contribution in [-0.2, 0) is 4.79 Å². The van der Waals surface area contributed by atoms with E-state index < -0.39 is 0 Å². The summed E-state index contributed by atoms with van der Waals surface area (Å²) in [5.41, 5.74) is 0. The smallest absolute Gasteiger partial charge is 0.229 e. The largest absolute Gasteiger partial charge is 0.339 e. The van der Waals surface area contributed by atoms with Gasteiger partial charge in [0.05, 0.1) is 0 Å². The first kappa shape index (κ1) is 13.3. The van der Waals surface area contributed by atoms with Crippen molar-refractivity contribution in [2.45, 2.75) is 75.7 Å². The van der Waals surface area contributed by atoms with Gasteiger partial charge in [0.2, 0.25) is 11.8 Å². The van der Waals surface area contributed by atoms with Gasteiger partial charge < -0.3 is 9.42 Å². The van der Waals surface area contributed by atoms with Crippen molar-refractivity contribution in [1.82, 2.24) is 15.0 Å². The van der Waals surface area contributed by atoms with Crippen molar-refractivity contribution in [3.05, 3.63) is 11.7 Å². The molecule has 1 aliphatic heterocycles. The van der Waals surface area contributed by atoms with Crippen molar-refractivity contribution in [2.24, 2.45) is 0 Å². The van der Waals surface area contributed by atoms with Crippen LogP contribution in [0.25, 0.3) is 0 Å². The third-order valence-electron chi connectivity index (χ3n) is 5.45. The number of aromatic nitrogens is 2. The SMILES string of the molecule is O=C1C[C@@H](c2noc(C3CCC3)n2)CN1C1CCCCC1. The summed E-state index contributed by atoms with van der Waals surface area (Å²) in [5, 5.41) is 4.15. The molecule has 5 nitrogen and oxygen atoms in total. The van der Waals surface area contributed by atoms with E-state index in [2.05, 4.69) is 15.0 Å². The van der Waals surface area contributed by atoms with Crippen LogP contribution in [-0.4, -0.2) is 33.5 Å². The van der Waals surface area contributed by atoms with Gasteiger partial charge >= 0.3 is 0 Å². The maximum Gasteiger partial charge on any atom is 0.229 e. The summed E-state index contributed by atoms with van der Waals surface area (Å²) in [6, 6.07) is 0.453. The molecule has 21 heavy (non-hydrogen) atoms. The topological polar surface area (TPSA) is 59.2 Å². The fourth-order valence-corrected chi connectivity index (χ4v) is 3.88. The molecule has 0 bridgehead atoms. The Morgan fingerprint density at radius 3 is 2.52 bits per heavy atom. The number of likely N-dealkylation sites (tertiary alicyclic amines) is 1. The normalized spacial score (nSPS) is 28.1. The molecule has 1 aromatic heterocycles. The van der Waals surface area contributed by atoms with E-state index in [-0.39, 0.29) is 11.8 Å². The first-order chi connectivity index (χ1) is 10.3. The van der Waals surface area contributed by atoms with Gasteiger partial charge in [-0.1, -0.05) is 30.8 Å². The molecule has 4 rings (SSSR count). The quantitative estimate of drug-likeness (QED) is 0.858. The van der Waals surface area contributed by atoms with E-state index in [0.29, 0.717) is 18.4 Å². The number of amides is 1. The molecule has 114 valence electrons. The van der Waals surface area contributed by atoms with Gasteiger partial charge in [0, 0.05) is 30.8 Å². The zero-order valence-corrected chi connectivity index (χ0v) is 12.5. The number of nitrogens with zero attached hydrogens (tertiary/aromatic N) is 3. The lowest BCUT2D eigenvalue weighted by Crippen LogP contribution is -2.37. The zero-order valence-electron chi connectivity index (χ0n) is 12.5. The van der Waals surface area contributed by atoms with E-state index in [9.17, 15) is 4.79 Å². The zero-order chi connectivity index (χ0) is 14.2. The van der Waals surface area contributed by atoms with Crippen LogP contribution in [0.1, 0.15) is 81.3 Å². The Labute approximate surface area is 125 Å². The van der Waals surface area contributed by atoms with Gasteiger partial charge in [-0.3, -0.25) is 4.79 Å². The van der Waals surface area contributed by atoms with Crippen LogP contribution in [0, 0.1) is 0 Å². The molecule has 2 heterocycles. The summed E-state index contributed by atoms with van der Waals surface area (Å²) < 4.78 is 5.41. The molecular formula is C16H23N3O2. The van der Waals surface area contributed by atoms with Crippen LogP contribution in [0.5, 0.6) is 0 Å². The highest BCUT2D eigenvalue weighted by Gasteiger charge is 2.38. The maximum atomic E-state index is 12.3. The van der Waals surface area contributed by atoms with Crippen LogP contribution in [0.15, 0.2) is 4.52 Å². The molecule has 3 aliphatic rings. The molecule has 2 saturated carbocycles. The molecule has 2 aliphatic carbocycles. The van der Waals surface area contributed by atoms with Gasteiger partial charge in [-0.15, -0.1) is 0 Å². The molecule has 1 amide bonds. The second-order valence-electron chi connectivity index (χ2n) is 6.86. The molecule has 1 aromatic rings. The Bertz CT molecular complexity index is 517. The van der Waals surface area contributed by atoms with Crippen molar-refractivity contribution in [3.8, 4) is 0 Å². The van der Waals surface area contributed by atoms with Crippen LogP contribution >= 0.6 is 0 Å². The molecule has 0 aromatic carbocycles. The number of hydrogen-bond donors (Lipinski definition) is 0. The Morgan fingerprint density at radius 2 is 1.81 bits per heavy atom. The van der Waals surface area contributed by atoms with E-state index >= 15 is 0 Å². The number of carbonyl (C=O) groups excluding carboxylic acids is 1. The Balaban J connectivity index is 1.44. The van der Waals surface area contributed by atoms with Crippen LogP contribution in [0.3, 0.4) is 0 Å². The minimum atomic E-state index is 0.136. The van der Waals surface area contributed by atoms with Crippen LogP contribution < -0.4 is 0 Å². The minimum Gasteiger partial charge on any atom is -0.339 e. The van der Waals surface area contributed by atoms with Gasteiger partial charge in [-0.25, -0.2) is 0 Å². The minimum absolute atomic E-state index is 0.136. The first-order valence-corrected chi connectivity index (χ1v) is 8.44. The van der Waals surface area contributed by atoms with Crippen molar-refractivity contribution >= 4 is 5.91 Å². The summed E-state index contributed by atoms with van der Waals surface area (Å²) in [7, 11) is 0. The molecule has 0 N–H and O–H groups in total. The van der Waals surface area contributed by atoms with Crippen molar-refractivity contribution in [2.75, 3.05) is 6.54 Å². The van der Waals surface area contributed by atoms with E-state index in [4.69, 9.17) is 4.52 Å². The fourth-order valence-electron chi connectivity index (χ4n) is 3.88. The van der Waals surface area contributed by atoms with Crippen molar-refractivity contribution in [3.63, 3.8) is 0 Å². The number of carbonyl (C=O) groups is 1. The number of hydrogen-bond acceptors (Lipinski definition) is 4. The highest BCUT2D eigenvalue weighted by atomic mass is 16.5. The molecule has 3 fully saturated rings. The van der Waals surface area contributed by atoms with Gasteiger partial charge in [-0.2, -0.15) is 4.98 Å². The predicted octanol–water partition coefficient (Wildman–Crippen LogP) is 2.99. The average molecular weight is 289 g/mol. The fraction of sp³-hybridized carbons (Fsp3) is 0.812. The third-order valence-corrected chi connectivity index (χ3v) is 5.45. The average Bonchev–Trinajstić information content (AvgIpc) is 3.05. The molecule has 0 radical (unpaired) electrons. The maximum absolute atomic E-state index is 12.3. The summed E-state index contributed by atoms with van der Waals surface area (Å²) in [6.07, 6.45) is 10.3. The molecule has 1 saturated heterocycles. The monoisotopic (exact) mass is 289 g/mol. The van der Waals surface area contributed by atoms with Crippen LogP contribution in [0.4, 0.5) is 0 Å². The van der Waals surface area contributed by atoms with Gasteiger partial charge in [0.1, 0.15) is 0 Å². The Hall–Kier alpha value is -1.39. The standard InChI is InChI=1S/C16H23N3O2/c20-14-9-12(10-19(14)13-7-2-1-3-8-13)15-17-16(21-18-15)11-5-4-6-11/h11-13H,1-10H2/t12-/m1/s1. The van der Waals surface area contributed by atoms with E-state index in [1.165, 1.54) is 38.5 Å². The Morgan fingerprint density at radius 1 is 1.00 bits per heavy atom. The van der Waals surface area contributed by atoms with Crippen molar-refractivity contribution in [1.29, 1.82) is 0 Å². The first-order valence-electron chi connectivity index (χ1n) is 8.44. The summed E-state index contributed by atoms with van der Waals surface area (Å²) >= 11 is 0. The van der Waals surface area contributed by atoms with Gasteiger partial charge in [0.15, 0.2) is 5.82 Å². The lowest BCUT2D eigenvalue weighted by Gasteiger charge is -2.31. The van der Waals surface area contributed by atoms with Crippen LogP contribution in [0.2, 0.25) is 0 Å². The van der Waals surface area contributed by atoms with E-state index in [1.54, 1.807) is 0 Å². The third kappa shape index (κ3) is 2.47. The van der Waals surface area contributed by atoms with E-state index in [1.807, 2.05) is 0 Å². The second-order valence-corrected chi connectivity index (χ2v) is 6.86. The van der Waals surface area contributed by atoms with Crippen molar-refractivity contribution < 1.29 is 9.32 Å². The van der Waals surface area contributed by atoms with Gasteiger partial charge in [-0.05, 0) is 25.7 Å². The molecule has 1 atom stereocenters. The lowest BCUT2D eigenvalue weighted by atomic mass is 9.85. The Kier molecular flexibility index (Phi) is 3.43. The molecular weight excluding hydrogens is 266 g/mol. The van der Waals surface area contributed by atoms with E-state index in [0.717, 1.165) is 31.1 Å². The highest BCUT2D eigenvalue weighted by molar-refractivity contribution is 5.79. The highest BCUT2D eigenvalue weighted by Crippen LogP contribution is 2.37. The summed E-state index contributed by atoms with van der Waals surface area (Å²) in [4.78, 5) is 19.0. The lowest BCUT2D eigenvalue weighted by molar-refractivity contribution is -0.130. The number of rotatable bonds is 3. The summed E-state index contributed by atoms with van der Waals surface area (Å²) in [5.74, 6) is 2.43.